The van der Waals surface area contributed by atoms with E-state index in [1.807, 2.05) is 12.1 Å². The standard InChI is InChI=1S/C12H17ClN2O/c13-12-8-11(3-5-14-12)15-6-1-2-10(9-15)4-7-16/h3,5,8,10,16H,1-2,4,6-7,9H2. The summed E-state index contributed by atoms with van der Waals surface area (Å²) in [6, 6.07) is 3.90. The number of hydrogen-bond donors (Lipinski definition) is 1. The molecule has 1 aliphatic rings. The molecule has 0 saturated carbocycles. The fourth-order valence-corrected chi connectivity index (χ4v) is 2.47. The molecule has 1 atom stereocenters. The molecule has 88 valence electrons. The minimum Gasteiger partial charge on any atom is -0.396 e. The maximum atomic E-state index is 8.97. The highest BCUT2D eigenvalue weighted by atomic mass is 35.5. The van der Waals surface area contributed by atoms with Gasteiger partial charge in [0.2, 0.25) is 0 Å². The second-order valence-electron chi connectivity index (χ2n) is 4.30. The first kappa shape index (κ1) is 11.7. The number of aromatic nitrogens is 1. The Balaban J connectivity index is 2.03. The molecule has 3 nitrogen and oxygen atoms in total. The third kappa shape index (κ3) is 2.86. The number of aliphatic hydroxyl groups excluding tert-OH is 1. The Morgan fingerprint density at radius 3 is 3.19 bits per heavy atom. The van der Waals surface area contributed by atoms with Crippen LogP contribution >= 0.6 is 11.6 Å². The van der Waals surface area contributed by atoms with Crippen LogP contribution < -0.4 is 4.90 Å². The van der Waals surface area contributed by atoms with E-state index in [9.17, 15) is 0 Å². The molecule has 1 fully saturated rings. The van der Waals surface area contributed by atoms with Crippen LogP contribution in [0.5, 0.6) is 0 Å². The molecule has 1 saturated heterocycles. The van der Waals surface area contributed by atoms with Crippen LogP contribution in [0.3, 0.4) is 0 Å². The van der Waals surface area contributed by atoms with Crippen molar-refractivity contribution in [2.45, 2.75) is 19.3 Å². The van der Waals surface area contributed by atoms with Gasteiger partial charge in [-0.2, -0.15) is 0 Å². The Morgan fingerprint density at radius 2 is 2.44 bits per heavy atom. The molecule has 0 radical (unpaired) electrons. The van der Waals surface area contributed by atoms with Crippen LogP contribution in [0.25, 0.3) is 0 Å². The molecule has 1 aromatic heterocycles. The molecule has 4 heteroatoms. The first-order chi connectivity index (χ1) is 7.79. The molecule has 2 rings (SSSR count). The Labute approximate surface area is 101 Å². The van der Waals surface area contributed by atoms with Crippen LogP contribution in [-0.4, -0.2) is 29.8 Å². The van der Waals surface area contributed by atoms with Crippen LogP contribution in [-0.2, 0) is 0 Å². The van der Waals surface area contributed by atoms with Gasteiger partial charge in [-0.1, -0.05) is 11.6 Å². The molecule has 1 N–H and O–H groups in total. The Morgan fingerprint density at radius 1 is 1.56 bits per heavy atom. The number of rotatable bonds is 3. The van der Waals surface area contributed by atoms with Crippen molar-refractivity contribution in [2.24, 2.45) is 5.92 Å². The van der Waals surface area contributed by atoms with E-state index < -0.39 is 0 Å². The SMILES string of the molecule is OCCC1CCCN(c2ccnc(Cl)c2)C1. The molecule has 16 heavy (non-hydrogen) atoms. The lowest BCUT2D eigenvalue weighted by atomic mass is 9.95. The molecule has 2 heterocycles. The third-order valence-electron chi connectivity index (χ3n) is 3.13. The van der Waals surface area contributed by atoms with Crippen molar-refractivity contribution < 1.29 is 5.11 Å². The normalized spacial score (nSPS) is 21.1. The van der Waals surface area contributed by atoms with E-state index in [2.05, 4.69) is 9.88 Å². The zero-order chi connectivity index (χ0) is 11.4. The molecule has 0 amide bonds. The summed E-state index contributed by atoms with van der Waals surface area (Å²) in [5.41, 5.74) is 1.14. The highest BCUT2D eigenvalue weighted by Crippen LogP contribution is 2.25. The molecular weight excluding hydrogens is 224 g/mol. The Bertz CT molecular complexity index is 344. The summed E-state index contributed by atoms with van der Waals surface area (Å²) in [7, 11) is 0. The van der Waals surface area contributed by atoms with Gasteiger partial charge in [-0.05, 0) is 37.3 Å². The lowest BCUT2D eigenvalue weighted by molar-refractivity contribution is 0.244. The average Bonchev–Trinajstić information content (AvgIpc) is 2.30. The molecule has 0 spiro atoms. The average molecular weight is 241 g/mol. The summed E-state index contributed by atoms with van der Waals surface area (Å²) in [4.78, 5) is 6.32. The number of halogens is 1. The van der Waals surface area contributed by atoms with Crippen LogP contribution in [0.4, 0.5) is 5.69 Å². The summed E-state index contributed by atoms with van der Waals surface area (Å²) in [6.45, 7) is 2.37. The largest absolute Gasteiger partial charge is 0.396 e. The van der Waals surface area contributed by atoms with Crippen molar-refractivity contribution in [3.63, 3.8) is 0 Å². The van der Waals surface area contributed by atoms with Crippen LogP contribution in [0.1, 0.15) is 19.3 Å². The van der Waals surface area contributed by atoms with Crippen LogP contribution in [0.15, 0.2) is 18.3 Å². The van der Waals surface area contributed by atoms with Crippen LogP contribution in [0, 0.1) is 5.92 Å². The number of hydrogen-bond acceptors (Lipinski definition) is 3. The predicted octanol–water partition coefficient (Wildman–Crippen LogP) is 2.33. The minimum atomic E-state index is 0.287. The Kier molecular flexibility index (Phi) is 4.02. The van der Waals surface area contributed by atoms with E-state index in [1.165, 1.54) is 12.8 Å². The number of piperidine rings is 1. The zero-order valence-corrected chi connectivity index (χ0v) is 10.0. The van der Waals surface area contributed by atoms with Crippen molar-refractivity contribution in [3.8, 4) is 0 Å². The summed E-state index contributed by atoms with van der Waals surface area (Å²) >= 11 is 5.88. The number of aliphatic hydroxyl groups is 1. The van der Waals surface area contributed by atoms with Crippen LogP contribution in [0.2, 0.25) is 5.15 Å². The van der Waals surface area contributed by atoms with E-state index in [-0.39, 0.29) is 6.61 Å². The fourth-order valence-electron chi connectivity index (χ4n) is 2.31. The minimum absolute atomic E-state index is 0.287. The predicted molar refractivity (Wildman–Crippen MR) is 65.9 cm³/mol. The summed E-state index contributed by atoms with van der Waals surface area (Å²) in [5, 5.41) is 9.51. The topological polar surface area (TPSA) is 36.4 Å². The fraction of sp³-hybridized carbons (Fsp3) is 0.583. The van der Waals surface area contributed by atoms with Gasteiger partial charge >= 0.3 is 0 Å². The van der Waals surface area contributed by atoms with Crippen molar-refractivity contribution in [1.29, 1.82) is 0 Å². The van der Waals surface area contributed by atoms with E-state index in [0.29, 0.717) is 11.1 Å². The van der Waals surface area contributed by atoms with Crippen molar-refractivity contribution in [3.05, 3.63) is 23.5 Å². The van der Waals surface area contributed by atoms with Crippen molar-refractivity contribution in [2.75, 3.05) is 24.6 Å². The van der Waals surface area contributed by atoms with Crippen molar-refractivity contribution >= 4 is 17.3 Å². The van der Waals surface area contributed by atoms with E-state index >= 15 is 0 Å². The van der Waals surface area contributed by atoms with Crippen molar-refractivity contribution in [1.82, 2.24) is 4.98 Å². The first-order valence-corrected chi connectivity index (χ1v) is 6.15. The smallest absolute Gasteiger partial charge is 0.131 e. The quantitative estimate of drug-likeness (QED) is 0.824. The lowest BCUT2D eigenvalue weighted by Gasteiger charge is -2.34. The molecule has 1 aliphatic heterocycles. The molecule has 0 aliphatic carbocycles. The number of anilines is 1. The first-order valence-electron chi connectivity index (χ1n) is 5.77. The van der Waals surface area contributed by atoms with Gasteiger partial charge in [-0.15, -0.1) is 0 Å². The second kappa shape index (κ2) is 5.51. The molecule has 1 aromatic rings. The molecular formula is C12H17ClN2O. The number of nitrogens with zero attached hydrogens (tertiary/aromatic N) is 2. The van der Waals surface area contributed by atoms with Gasteiger partial charge in [-0.3, -0.25) is 0 Å². The zero-order valence-electron chi connectivity index (χ0n) is 9.27. The summed E-state index contributed by atoms with van der Waals surface area (Å²) in [5.74, 6) is 0.602. The third-order valence-corrected chi connectivity index (χ3v) is 3.34. The highest BCUT2D eigenvalue weighted by Gasteiger charge is 2.19. The monoisotopic (exact) mass is 240 g/mol. The molecule has 0 aromatic carbocycles. The maximum absolute atomic E-state index is 8.97. The molecule has 1 unspecified atom stereocenters. The van der Waals surface area contributed by atoms with E-state index in [1.54, 1.807) is 6.20 Å². The Hall–Kier alpha value is -0.800. The van der Waals surface area contributed by atoms with Gasteiger partial charge in [0.05, 0.1) is 0 Å². The molecule has 0 bridgehead atoms. The van der Waals surface area contributed by atoms with Gasteiger partial charge in [0.25, 0.3) is 0 Å². The van der Waals surface area contributed by atoms with Gasteiger partial charge in [0.1, 0.15) is 5.15 Å². The van der Waals surface area contributed by atoms with E-state index in [4.69, 9.17) is 16.7 Å². The highest BCUT2D eigenvalue weighted by molar-refractivity contribution is 6.29. The number of pyridine rings is 1. The maximum Gasteiger partial charge on any atom is 0.131 e. The lowest BCUT2D eigenvalue weighted by Crippen LogP contribution is -2.35. The second-order valence-corrected chi connectivity index (χ2v) is 4.69. The summed E-state index contributed by atoms with van der Waals surface area (Å²) < 4.78 is 0. The van der Waals surface area contributed by atoms with Gasteiger partial charge in [0.15, 0.2) is 0 Å². The van der Waals surface area contributed by atoms with E-state index in [0.717, 1.165) is 25.2 Å². The summed E-state index contributed by atoms with van der Waals surface area (Å²) in [6.07, 6.45) is 5.04. The van der Waals surface area contributed by atoms with Gasteiger partial charge < -0.3 is 10.0 Å². The van der Waals surface area contributed by atoms with Gasteiger partial charge in [0, 0.05) is 31.6 Å². The van der Waals surface area contributed by atoms with Gasteiger partial charge in [-0.25, -0.2) is 4.98 Å².